The highest BCUT2D eigenvalue weighted by Crippen LogP contribution is 2.37. The molecule has 0 aliphatic heterocycles. The molecule has 1 heterocycles. The van der Waals surface area contributed by atoms with Gasteiger partial charge in [-0.2, -0.15) is 5.10 Å². The van der Waals surface area contributed by atoms with E-state index in [1.54, 1.807) is 0 Å². The van der Waals surface area contributed by atoms with Crippen molar-refractivity contribution < 1.29 is 4.74 Å². The second-order valence-corrected chi connectivity index (χ2v) is 4.96. The molecule has 0 amide bonds. The van der Waals surface area contributed by atoms with E-state index in [0.29, 0.717) is 18.2 Å². The summed E-state index contributed by atoms with van der Waals surface area (Å²) in [4.78, 5) is 4.57. The number of rotatable bonds is 5. The molecule has 2 N–H and O–H groups in total. The van der Waals surface area contributed by atoms with Crippen LogP contribution in [0.25, 0.3) is 0 Å². The van der Waals surface area contributed by atoms with Gasteiger partial charge < -0.3 is 10.5 Å². The SMILES string of the molecule is Cn1nc(C2CC2)nc1CCOc1cccc(N)c1. The monoisotopic (exact) mass is 258 g/mol. The van der Waals surface area contributed by atoms with Gasteiger partial charge in [0.25, 0.3) is 0 Å². The lowest BCUT2D eigenvalue weighted by molar-refractivity contribution is 0.317. The maximum absolute atomic E-state index is 5.70. The quantitative estimate of drug-likeness (QED) is 0.832. The van der Waals surface area contributed by atoms with Crippen molar-refractivity contribution in [1.82, 2.24) is 14.8 Å². The Kier molecular flexibility index (Phi) is 3.11. The molecule has 5 nitrogen and oxygen atoms in total. The fourth-order valence-electron chi connectivity index (χ4n) is 2.04. The van der Waals surface area contributed by atoms with E-state index in [0.717, 1.165) is 23.8 Å². The number of nitrogen functional groups attached to an aromatic ring is 1. The van der Waals surface area contributed by atoms with Gasteiger partial charge in [0.2, 0.25) is 0 Å². The topological polar surface area (TPSA) is 66.0 Å². The highest BCUT2D eigenvalue weighted by Gasteiger charge is 2.28. The van der Waals surface area contributed by atoms with Gasteiger partial charge in [0.1, 0.15) is 11.6 Å². The summed E-state index contributed by atoms with van der Waals surface area (Å²) in [6.07, 6.45) is 3.21. The molecule has 0 unspecified atom stereocenters. The molecule has 1 aromatic carbocycles. The molecule has 0 radical (unpaired) electrons. The van der Waals surface area contributed by atoms with Gasteiger partial charge in [-0.3, -0.25) is 4.68 Å². The average Bonchev–Trinajstić information content (AvgIpc) is 3.16. The summed E-state index contributed by atoms with van der Waals surface area (Å²) < 4.78 is 7.53. The van der Waals surface area contributed by atoms with Crippen LogP contribution in [0.2, 0.25) is 0 Å². The number of nitrogens with two attached hydrogens (primary N) is 1. The number of nitrogens with zero attached hydrogens (tertiary/aromatic N) is 3. The summed E-state index contributed by atoms with van der Waals surface area (Å²) in [5, 5.41) is 4.44. The molecular weight excluding hydrogens is 240 g/mol. The van der Waals surface area contributed by atoms with Gasteiger partial charge in [0.15, 0.2) is 5.82 Å². The minimum absolute atomic E-state index is 0.583. The Morgan fingerprint density at radius 2 is 2.26 bits per heavy atom. The van der Waals surface area contributed by atoms with Crippen LogP contribution < -0.4 is 10.5 Å². The molecule has 19 heavy (non-hydrogen) atoms. The molecule has 1 aliphatic carbocycles. The summed E-state index contributed by atoms with van der Waals surface area (Å²) in [7, 11) is 1.94. The van der Waals surface area contributed by atoms with Crippen LogP contribution in [0.3, 0.4) is 0 Å². The maximum Gasteiger partial charge on any atom is 0.154 e. The van der Waals surface area contributed by atoms with E-state index in [2.05, 4.69) is 10.1 Å². The Bertz CT molecular complexity index is 575. The summed E-state index contributed by atoms with van der Waals surface area (Å²) in [6, 6.07) is 7.46. The van der Waals surface area contributed by atoms with Gasteiger partial charge in [-0.15, -0.1) is 0 Å². The fraction of sp³-hybridized carbons (Fsp3) is 0.429. The predicted molar refractivity (Wildman–Crippen MR) is 73.0 cm³/mol. The molecule has 3 rings (SSSR count). The Balaban J connectivity index is 1.57. The van der Waals surface area contributed by atoms with E-state index in [1.807, 2.05) is 36.0 Å². The summed E-state index contributed by atoms with van der Waals surface area (Å²) in [5.74, 6) is 3.35. The van der Waals surface area contributed by atoms with Crippen LogP contribution in [-0.4, -0.2) is 21.4 Å². The van der Waals surface area contributed by atoms with Crippen molar-refractivity contribution >= 4 is 5.69 Å². The number of hydrogen-bond donors (Lipinski definition) is 1. The van der Waals surface area contributed by atoms with Gasteiger partial charge in [0.05, 0.1) is 6.61 Å². The first kappa shape index (κ1) is 12.0. The van der Waals surface area contributed by atoms with Gasteiger partial charge in [-0.25, -0.2) is 4.98 Å². The number of ether oxygens (including phenoxy) is 1. The Labute approximate surface area is 112 Å². The zero-order chi connectivity index (χ0) is 13.2. The van der Waals surface area contributed by atoms with Crippen LogP contribution in [-0.2, 0) is 13.5 Å². The first-order chi connectivity index (χ1) is 9.22. The number of aromatic nitrogens is 3. The molecule has 1 saturated carbocycles. The van der Waals surface area contributed by atoms with E-state index in [4.69, 9.17) is 10.5 Å². The second kappa shape index (κ2) is 4.91. The lowest BCUT2D eigenvalue weighted by atomic mass is 10.3. The second-order valence-electron chi connectivity index (χ2n) is 4.96. The highest BCUT2D eigenvalue weighted by atomic mass is 16.5. The van der Waals surface area contributed by atoms with E-state index in [9.17, 15) is 0 Å². The third-order valence-electron chi connectivity index (χ3n) is 3.26. The van der Waals surface area contributed by atoms with Crippen LogP contribution in [0.15, 0.2) is 24.3 Å². The molecular formula is C14H18N4O. The van der Waals surface area contributed by atoms with Crippen LogP contribution >= 0.6 is 0 Å². The smallest absolute Gasteiger partial charge is 0.154 e. The largest absolute Gasteiger partial charge is 0.493 e. The van der Waals surface area contributed by atoms with Crippen molar-refractivity contribution in [3.63, 3.8) is 0 Å². The molecule has 1 aliphatic rings. The molecule has 0 atom stereocenters. The molecule has 0 saturated heterocycles. The standard InChI is InChI=1S/C14H18N4O/c1-18-13(16-14(17-18)10-5-6-10)7-8-19-12-4-2-3-11(15)9-12/h2-4,9-10H,5-8,15H2,1H3. The first-order valence-electron chi connectivity index (χ1n) is 6.60. The zero-order valence-electron chi connectivity index (χ0n) is 11.0. The minimum atomic E-state index is 0.583. The van der Waals surface area contributed by atoms with Crippen LogP contribution in [0.5, 0.6) is 5.75 Å². The lowest BCUT2D eigenvalue weighted by Gasteiger charge is -2.06. The summed E-state index contributed by atoms with van der Waals surface area (Å²) >= 11 is 0. The first-order valence-corrected chi connectivity index (χ1v) is 6.60. The number of anilines is 1. The number of benzene rings is 1. The van der Waals surface area contributed by atoms with Crippen molar-refractivity contribution in [3.8, 4) is 5.75 Å². The van der Waals surface area contributed by atoms with Crippen molar-refractivity contribution in [2.75, 3.05) is 12.3 Å². The molecule has 0 spiro atoms. The zero-order valence-corrected chi connectivity index (χ0v) is 11.0. The Morgan fingerprint density at radius 3 is 3.00 bits per heavy atom. The van der Waals surface area contributed by atoms with Gasteiger partial charge in [-0.1, -0.05) is 6.07 Å². The van der Waals surface area contributed by atoms with Crippen LogP contribution in [0.1, 0.15) is 30.4 Å². The highest BCUT2D eigenvalue weighted by molar-refractivity contribution is 5.43. The van der Waals surface area contributed by atoms with Crippen molar-refractivity contribution in [2.24, 2.45) is 7.05 Å². The average molecular weight is 258 g/mol. The fourth-order valence-corrected chi connectivity index (χ4v) is 2.04. The summed E-state index contributed by atoms with van der Waals surface area (Å²) in [6.45, 7) is 0.583. The Hall–Kier alpha value is -2.04. The predicted octanol–water partition coefficient (Wildman–Crippen LogP) is 1.90. The third-order valence-corrected chi connectivity index (χ3v) is 3.26. The van der Waals surface area contributed by atoms with Crippen LogP contribution in [0.4, 0.5) is 5.69 Å². The van der Waals surface area contributed by atoms with Crippen LogP contribution in [0, 0.1) is 0 Å². The third kappa shape index (κ3) is 2.86. The Morgan fingerprint density at radius 1 is 1.42 bits per heavy atom. The molecule has 2 aromatic rings. The molecule has 5 heteroatoms. The van der Waals surface area contributed by atoms with Crippen molar-refractivity contribution in [1.29, 1.82) is 0 Å². The van der Waals surface area contributed by atoms with E-state index in [1.165, 1.54) is 12.8 Å². The van der Waals surface area contributed by atoms with Crippen molar-refractivity contribution in [2.45, 2.75) is 25.2 Å². The normalized spacial score (nSPS) is 14.6. The molecule has 0 bridgehead atoms. The minimum Gasteiger partial charge on any atom is -0.493 e. The summed E-state index contributed by atoms with van der Waals surface area (Å²) in [5.41, 5.74) is 6.42. The number of aryl methyl sites for hydroxylation is 1. The van der Waals surface area contributed by atoms with Gasteiger partial charge in [0, 0.05) is 31.1 Å². The van der Waals surface area contributed by atoms with Gasteiger partial charge in [-0.05, 0) is 25.0 Å². The molecule has 100 valence electrons. The maximum atomic E-state index is 5.70. The van der Waals surface area contributed by atoms with Crippen molar-refractivity contribution in [3.05, 3.63) is 35.9 Å². The van der Waals surface area contributed by atoms with E-state index < -0.39 is 0 Å². The molecule has 1 fully saturated rings. The van der Waals surface area contributed by atoms with E-state index >= 15 is 0 Å². The van der Waals surface area contributed by atoms with E-state index in [-0.39, 0.29) is 0 Å². The molecule has 1 aromatic heterocycles. The number of hydrogen-bond acceptors (Lipinski definition) is 4. The van der Waals surface area contributed by atoms with Gasteiger partial charge >= 0.3 is 0 Å². The lowest BCUT2D eigenvalue weighted by Crippen LogP contribution is -2.07.